The lowest BCUT2D eigenvalue weighted by Crippen LogP contribution is -1.99. The molecule has 0 aliphatic heterocycles. The minimum absolute atomic E-state index is 0.148. The van der Waals surface area contributed by atoms with Gasteiger partial charge in [0.2, 0.25) is 0 Å². The first-order chi connectivity index (χ1) is 2.77. The summed E-state index contributed by atoms with van der Waals surface area (Å²) in [6.07, 6.45) is 2.19. The molecule has 0 unspecified atom stereocenters. The summed E-state index contributed by atoms with van der Waals surface area (Å²) in [5.74, 6) is 0. The van der Waals surface area contributed by atoms with E-state index in [9.17, 15) is 0 Å². The van der Waals surface area contributed by atoms with Crippen LogP contribution in [0.25, 0.3) is 0 Å². The van der Waals surface area contributed by atoms with Gasteiger partial charge in [-0.1, -0.05) is 13.3 Å². The van der Waals surface area contributed by atoms with Crippen molar-refractivity contribution in [3.8, 4) is 0 Å². The molecule has 1 atom stereocenters. The van der Waals surface area contributed by atoms with Crippen LogP contribution in [-0.2, 0) is 0 Å². The zero-order valence-electron chi connectivity index (χ0n) is 4.49. The Labute approximate surface area is 39.5 Å². The van der Waals surface area contributed by atoms with Crippen LogP contribution in [0, 0.1) is 0 Å². The first kappa shape index (κ1) is 5.96. The Morgan fingerprint density at radius 1 is 1.67 bits per heavy atom. The molecule has 0 aromatic heterocycles. The molecule has 37 valence electrons. The van der Waals surface area contributed by atoms with E-state index in [2.05, 4.69) is 6.92 Å². The lowest BCUT2D eigenvalue weighted by molar-refractivity contribution is 0.636. The zero-order valence-corrected chi connectivity index (χ0v) is 4.49. The van der Waals surface area contributed by atoms with Crippen LogP contribution in [-0.4, -0.2) is 6.04 Å². The molecular weight excluding hydrogens is 74.1 g/mol. The molecule has 0 amide bonds. The van der Waals surface area contributed by atoms with Gasteiger partial charge < -0.3 is 0 Å². The molecule has 0 aliphatic rings. The van der Waals surface area contributed by atoms with Crippen molar-refractivity contribution in [1.82, 2.24) is 5.73 Å². The second-order valence-electron chi connectivity index (χ2n) is 1.69. The van der Waals surface area contributed by atoms with E-state index in [1.165, 1.54) is 0 Å². The number of rotatable bonds is 2. The summed E-state index contributed by atoms with van der Waals surface area (Å²) in [7, 11) is 0. The largest absolute Gasteiger partial charge is 0.255 e. The quantitative estimate of drug-likeness (QED) is 0.486. The molecule has 0 saturated heterocycles. The van der Waals surface area contributed by atoms with Crippen molar-refractivity contribution >= 4 is 0 Å². The van der Waals surface area contributed by atoms with Gasteiger partial charge in [0.1, 0.15) is 0 Å². The average molecular weight is 86.2 g/mol. The topological polar surface area (TPSA) is 23.8 Å². The van der Waals surface area contributed by atoms with Crippen LogP contribution in [0.1, 0.15) is 26.7 Å². The van der Waals surface area contributed by atoms with Gasteiger partial charge in [0.15, 0.2) is 0 Å². The Hall–Kier alpha value is -0.0400. The fraction of sp³-hybridized carbons (Fsp3) is 1.00. The van der Waals surface area contributed by atoms with Gasteiger partial charge in [-0.2, -0.15) is 0 Å². The van der Waals surface area contributed by atoms with Crippen LogP contribution in [0.5, 0.6) is 0 Å². The molecular formula is C5H12N. The van der Waals surface area contributed by atoms with Crippen LogP contribution < -0.4 is 5.73 Å². The summed E-state index contributed by atoms with van der Waals surface area (Å²) >= 11 is 0. The molecule has 0 spiro atoms. The summed E-state index contributed by atoms with van der Waals surface area (Å²) in [6.45, 7) is 4.02. The van der Waals surface area contributed by atoms with E-state index in [0.29, 0.717) is 0 Å². The molecule has 6 heavy (non-hydrogen) atoms. The van der Waals surface area contributed by atoms with Gasteiger partial charge in [0, 0.05) is 6.04 Å². The standard InChI is InChI=1S/C5H12N/c1-3-4-5(2)6/h5-6H,3-4H2,1-2H3/t5-/m1/s1. The monoisotopic (exact) mass is 86.1 g/mol. The molecule has 1 heteroatoms. The maximum Gasteiger partial charge on any atom is 0.0184 e. The fourth-order valence-corrected chi connectivity index (χ4v) is 0.433. The van der Waals surface area contributed by atoms with Gasteiger partial charge in [-0.05, 0) is 13.3 Å². The minimum atomic E-state index is 0.148. The summed E-state index contributed by atoms with van der Waals surface area (Å²) in [5.41, 5.74) is 6.98. The molecule has 0 aromatic rings. The Balaban J connectivity index is 2.63. The van der Waals surface area contributed by atoms with Crippen molar-refractivity contribution in [3.63, 3.8) is 0 Å². The first-order valence-corrected chi connectivity index (χ1v) is 2.48. The summed E-state index contributed by atoms with van der Waals surface area (Å²) < 4.78 is 0. The van der Waals surface area contributed by atoms with Gasteiger partial charge in [-0.15, -0.1) is 0 Å². The van der Waals surface area contributed by atoms with E-state index in [4.69, 9.17) is 5.73 Å². The lowest BCUT2D eigenvalue weighted by atomic mass is 10.2. The third kappa shape index (κ3) is 3.96. The molecule has 0 saturated carbocycles. The van der Waals surface area contributed by atoms with Gasteiger partial charge >= 0.3 is 0 Å². The van der Waals surface area contributed by atoms with Crippen LogP contribution in [0.3, 0.4) is 0 Å². The SMILES string of the molecule is CCC[C@@H](C)[NH]. The smallest absolute Gasteiger partial charge is 0.0184 e. The maximum absolute atomic E-state index is 6.98. The molecule has 1 radical (unpaired) electrons. The summed E-state index contributed by atoms with van der Waals surface area (Å²) in [6, 6.07) is 0.148. The number of hydrogen-bond donors (Lipinski definition) is 0. The zero-order chi connectivity index (χ0) is 4.99. The number of nitrogens with one attached hydrogen (secondary N) is 1. The van der Waals surface area contributed by atoms with Crippen molar-refractivity contribution in [2.24, 2.45) is 0 Å². The molecule has 1 N–H and O–H groups in total. The predicted molar refractivity (Wildman–Crippen MR) is 27.5 cm³/mol. The van der Waals surface area contributed by atoms with Crippen molar-refractivity contribution < 1.29 is 0 Å². The predicted octanol–water partition coefficient (Wildman–Crippen LogP) is 1.46. The fourth-order valence-electron chi connectivity index (χ4n) is 0.433. The van der Waals surface area contributed by atoms with E-state index in [-0.39, 0.29) is 6.04 Å². The Morgan fingerprint density at radius 2 is 2.17 bits per heavy atom. The molecule has 0 aliphatic carbocycles. The molecule has 0 fully saturated rings. The van der Waals surface area contributed by atoms with Gasteiger partial charge in [0.25, 0.3) is 0 Å². The van der Waals surface area contributed by atoms with E-state index in [0.717, 1.165) is 12.8 Å². The Bertz CT molecular complexity index is 25.1. The average Bonchev–Trinajstić information content (AvgIpc) is 1.35. The van der Waals surface area contributed by atoms with Crippen molar-refractivity contribution in [2.75, 3.05) is 0 Å². The molecule has 0 bridgehead atoms. The van der Waals surface area contributed by atoms with Crippen LogP contribution in [0.4, 0.5) is 0 Å². The molecule has 0 aromatic carbocycles. The van der Waals surface area contributed by atoms with Crippen LogP contribution >= 0.6 is 0 Å². The van der Waals surface area contributed by atoms with Gasteiger partial charge in [-0.3, -0.25) is 5.73 Å². The Morgan fingerprint density at radius 3 is 2.17 bits per heavy atom. The highest BCUT2D eigenvalue weighted by atomic mass is 14.6. The summed E-state index contributed by atoms with van der Waals surface area (Å²) in [5, 5.41) is 0. The third-order valence-electron chi connectivity index (χ3n) is 0.722. The first-order valence-electron chi connectivity index (χ1n) is 2.48. The molecule has 1 nitrogen and oxygen atoms in total. The lowest BCUT2D eigenvalue weighted by Gasteiger charge is -1.95. The second-order valence-corrected chi connectivity index (χ2v) is 1.69. The van der Waals surface area contributed by atoms with Crippen LogP contribution in [0.15, 0.2) is 0 Å². The summed E-state index contributed by atoms with van der Waals surface area (Å²) in [4.78, 5) is 0. The normalized spacial score (nSPS) is 14.5. The molecule has 0 rings (SSSR count). The Kier molecular flexibility index (Phi) is 3.14. The second kappa shape index (κ2) is 3.16. The van der Waals surface area contributed by atoms with Gasteiger partial charge in [0.05, 0.1) is 0 Å². The maximum atomic E-state index is 6.98. The van der Waals surface area contributed by atoms with E-state index in [1.807, 2.05) is 6.92 Å². The van der Waals surface area contributed by atoms with Crippen LogP contribution in [0.2, 0.25) is 0 Å². The van der Waals surface area contributed by atoms with Crippen molar-refractivity contribution in [1.29, 1.82) is 0 Å². The van der Waals surface area contributed by atoms with Crippen molar-refractivity contribution in [2.45, 2.75) is 32.7 Å². The number of hydrogen-bond acceptors (Lipinski definition) is 0. The van der Waals surface area contributed by atoms with E-state index in [1.54, 1.807) is 0 Å². The molecule has 0 heterocycles. The van der Waals surface area contributed by atoms with E-state index >= 15 is 0 Å². The van der Waals surface area contributed by atoms with E-state index < -0.39 is 0 Å². The van der Waals surface area contributed by atoms with Crippen molar-refractivity contribution in [3.05, 3.63) is 0 Å². The highest BCUT2D eigenvalue weighted by Crippen LogP contribution is 1.90. The van der Waals surface area contributed by atoms with Gasteiger partial charge in [-0.25, -0.2) is 0 Å². The third-order valence-corrected chi connectivity index (χ3v) is 0.722. The highest BCUT2D eigenvalue weighted by molar-refractivity contribution is 4.46. The minimum Gasteiger partial charge on any atom is -0.255 e. The highest BCUT2D eigenvalue weighted by Gasteiger charge is 1.86.